The first kappa shape index (κ1) is 15.8. The average molecular weight is 328 g/mol. The van der Waals surface area contributed by atoms with E-state index >= 15 is 0 Å². The molecule has 2 aromatic carbocycles. The second-order valence-corrected chi connectivity index (χ2v) is 5.10. The number of carbonyl (C=O) groups excluding carboxylic acids is 1. The van der Waals surface area contributed by atoms with Gasteiger partial charge in [-0.2, -0.15) is 0 Å². The van der Waals surface area contributed by atoms with Crippen LogP contribution in [0.3, 0.4) is 0 Å². The highest BCUT2D eigenvalue weighted by Crippen LogP contribution is 2.15. The summed E-state index contributed by atoms with van der Waals surface area (Å²) in [5.74, 6) is -0.179. The number of hydrogen-bond donors (Lipinski definition) is 2. The molecule has 24 heavy (non-hydrogen) atoms. The van der Waals surface area contributed by atoms with E-state index in [1.54, 1.807) is 29.2 Å². The zero-order chi connectivity index (χ0) is 16.8. The van der Waals surface area contributed by atoms with Gasteiger partial charge in [-0.3, -0.25) is 0 Å². The highest BCUT2D eigenvalue weighted by molar-refractivity contribution is 5.84. The van der Waals surface area contributed by atoms with Gasteiger partial charge in [0, 0.05) is 6.54 Å². The fourth-order valence-electron chi connectivity index (χ4n) is 2.22. The highest BCUT2D eigenvalue weighted by Gasteiger charge is 2.05. The first-order valence-corrected chi connectivity index (χ1v) is 7.58. The Kier molecular flexibility index (Phi) is 4.90. The number of fused-ring (bicyclic) bond motifs is 1. The Balaban J connectivity index is 1.41. The molecule has 0 bridgehead atoms. The molecule has 1 heterocycles. The van der Waals surface area contributed by atoms with E-state index in [1.807, 2.05) is 24.3 Å². The van der Waals surface area contributed by atoms with Crippen LogP contribution >= 0.6 is 0 Å². The summed E-state index contributed by atoms with van der Waals surface area (Å²) in [7, 11) is 0. The van der Waals surface area contributed by atoms with E-state index < -0.39 is 5.82 Å². The molecule has 124 valence electrons. The van der Waals surface area contributed by atoms with Crippen molar-refractivity contribution in [3.8, 4) is 5.75 Å². The zero-order valence-corrected chi connectivity index (χ0v) is 12.9. The van der Waals surface area contributed by atoms with Gasteiger partial charge in [0.1, 0.15) is 6.33 Å². The summed E-state index contributed by atoms with van der Waals surface area (Å²) in [6, 6.07) is 13.4. The average Bonchev–Trinajstić information content (AvgIpc) is 2.99. The predicted molar refractivity (Wildman–Crippen MR) is 89.0 cm³/mol. The number of aromatic nitrogens is 2. The summed E-state index contributed by atoms with van der Waals surface area (Å²) in [6.45, 7) is 0.724. The quantitative estimate of drug-likeness (QED) is 0.684. The molecule has 2 amide bonds. The van der Waals surface area contributed by atoms with Crippen LogP contribution in [0.2, 0.25) is 0 Å². The molecule has 0 radical (unpaired) electrons. The molecule has 0 saturated carbocycles. The maximum absolute atomic E-state index is 13.4. The normalized spacial score (nSPS) is 10.5. The summed E-state index contributed by atoms with van der Waals surface area (Å²) in [4.78, 5) is 16.1. The van der Waals surface area contributed by atoms with Crippen molar-refractivity contribution in [2.45, 2.75) is 6.42 Å². The molecule has 0 aliphatic carbocycles. The molecule has 0 atom stereocenters. The second-order valence-electron chi connectivity index (χ2n) is 5.10. The third kappa shape index (κ3) is 3.81. The van der Waals surface area contributed by atoms with Crippen molar-refractivity contribution in [3.05, 3.63) is 60.7 Å². The summed E-state index contributed by atoms with van der Waals surface area (Å²) >= 11 is 0. The van der Waals surface area contributed by atoms with Crippen molar-refractivity contribution in [2.24, 2.45) is 0 Å². The number of benzene rings is 2. The third-order valence-corrected chi connectivity index (χ3v) is 3.38. The minimum absolute atomic E-state index is 0.215. The molecule has 1 aromatic heterocycles. The maximum Gasteiger partial charge on any atom is 0.333 e. The summed E-state index contributed by atoms with van der Waals surface area (Å²) < 4.78 is 20.2. The van der Waals surface area contributed by atoms with Crippen LogP contribution in [0.15, 0.2) is 54.9 Å². The number of hydrogen-bond acceptors (Lipinski definition) is 3. The number of carbonyl (C=O) groups is 1. The third-order valence-electron chi connectivity index (χ3n) is 3.38. The van der Waals surface area contributed by atoms with E-state index in [0.717, 1.165) is 11.0 Å². The monoisotopic (exact) mass is 328 g/mol. The Morgan fingerprint density at radius 3 is 2.83 bits per heavy atom. The van der Waals surface area contributed by atoms with Crippen LogP contribution in [0.4, 0.5) is 9.18 Å². The molecule has 0 saturated heterocycles. The fourth-order valence-corrected chi connectivity index (χ4v) is 2.22. The van der Waals surface area contributed by atoms with E-state index in [9.17, 15) is 9.18 Å². The van der Waals surface area contributed by atoms with E-state index in [0.29, 0.717) is 19.6 Å². The van der Waals surface area contributed by atoms with Crippen molar-refractivity contribution in [1.29, 1.82) is 0 Å². The van der Waals surface area contributed by atoms with Gasteiger partial charge >= 0.3 is 6.03 Å². The smallest absolute Gasteiger partial charge is 0.333 e. The zero-order valence-electron chi connectivity index (χ0n) is 12.9. The second kappa shape index (κ2) is 7.45. The van der Waals surface area contributed by atoms with Crippen LogP contribution in [0.5, 0.6) is 5.75 Å². The lowest BCUT2D eigenvalue weighted by Gasteiger charge is -2.10. The largest absolute Gasteiger partial charge is 0.490 e. The lowest BCUT2D eigenvalue weighted by molar-refractivity contribution is 0.247. The van der Waals surface area contributed by atoms with E-state index in [-0.39, 0.29) is 11.8 Å². The molecule has 6 nitrogen and oxygen atoms in total. The van der Waals surface area contributed by atoms with E-state index in [2.05, 4.69) is 15.7 Å². The van der Waals surface area contributed by atoms with Crippen LogP contribution < -0.4 is 15.5 Å². The molecule has 0 aliphatic heterocycles. The molecule has 2 N–H and O–H groups in total. The van der Waals surface area contributed by atoms with Gasteiger partial charge in [0.25, 0.3) is 0 Å². The summed E-state index contributed by atoms with van der Waals surface area (Å²) in [5, 5.41) is 2.71. The Hall–Kier alpha value is -3.09. The molecule has 7 heteroatoms. The highest BCUT2D eigenvalue weighted by atomic mass is 19.1. The van der Waals surface area contributed by atoms with Crippen LogP contribution in [-0.2, 0) is 0 Å². The number of imidazole rings is 1. The number of nitrogens with one attached hydrogen (secondary N) is 2. The number of ether oxygens (including phenoxy) is 1. The van der Waals surface area contributed by atoms with Crippen molar-refractivity contribution in [1.82, 2.24) is 15.0 Å². The summed E-state index contributed by atoms with van der Waals surface area (Å²) in [5.41, 5.74) is 4.30. The maximum atomic E-state index is 13.4. The topological polar surface area (TPSA) is 68.2 Å². The van der Waals surface area contributed by atoms with Gasteiger partial charge in [-0.1, -0.05) is 24.3 Å². The number of urea groups is 1. The Morgan fingerprint density at radius 1 is 1.17 bits per heavy atom. The van der Waals surface area contributed by atoms with Gasteiger partial charge < -0.3 is 10.1 Å². The van der Waals surface area contributed by atoms with Gasteiger partial charge in [0.2, 0.25) is 0 Å². The Bertz CT molecular complexity index is 834. The molecular weight excluding hydrogens is 311 g/mol. The molecular formula is C17H17FN4O2. The van der Waals surface area contributed by atoms with Gasteiger partial charge in [0.05, 0.1) is 17.6 Å². The lowest BCUT2D eigenvalue weighted by Crippen LogP contribution is -2.34. The van der Waals surface area contributed by atoms with Crippen molar-refractivity contribution < 1.29 is 13.9 Å². The first-order chi connectivity index (χ1) is 11.7. The van der Waals surface area contributed by atoms with Crippen molar-refractivity contribution >= 4 is 17.1 Å². The van der Waals surface area contributed by atoms with Gasteiger partial charge in [-0.15, -0.1) is 0 Å². The van der Waals surface area contributed by atoms with Gasteiger partial charge in [-0.25, -0.2) is 24.3 Å². The standard InChI is InChI=1S/C17H17FN4O2/c18-13-6-1-4-9-16(13)24-11-5-10-19-17(23)21-22-12-20-14-7-2-3-8-15(14)22/h1-4,6-9,12H,5,10-11H2,(H2,19,21,23). The molecule has 0 aliphatic rings. The van der Waals surface area contributed by atoms with E-state index in [1.165, 1.54) is 6.07 Å². The predicted octanol–water partition coefficient (Wildman–Crippen LogP) is 2.90. The minimum Gasteiger partial charge on any atom is -0.490 e. The minimum atomic E-state index is -0.393. The van der Waals surface area contributed by atoms with Gasteiger partial charge in [0.15, 0.2) is 11.6 Å². The Morgan fingerprint density at radius 2 is 1.96 bits per heavy atom. The number of amides is 2. The van der Waals surface area contributed by atoms with Crippen molar-refractivity contribution in [3.63, 3.8) is 0 Å². The van der Waals surface area contributed by atoms with Crippen LogP contribution in [0, 0.1) is 5.82 Å². The molecule has 3 rings (SSSR count). The molecule has 0 fully saturated rings. The van der Waals surface area contributed by atoms with Crippen LogP contribution in [-0.4, -0.2) is 28.8 Å². The number of para-hydroxylation sites is 3. The SMILES string of the molecule is O=C(NCCCOc1ccccc1F)Nn1cnc2ccccc21. The lowest BCUT2D eigenvalue weighted by atomic mass is 10.3. The Labute approximate surface area is 138 Å². The number of nitrogens with zero attached hydrogens (tertiary/aromatic N) is 2. The van der Waals surface area contributed by atoms with E-state index in [4.69, 9.17) is 4.74 Å². The number of rotatable bonds is 6. The van der Waals surface area contributed by atoms with Gasteiger partial charge in [-0.05, 0) is 30.7 Å². The number of halogens is 1. The van der Waals surface area contributed by atoms with Crippen LogP contribution in [0.25, 0.3) is 11.0 Å². The van der Waals surface area contributed by atoms with Crippen LogP contribution in [0.1, 0.15) is 6.42 Å². The molecule has 0 unspecified atom stereocenters. The van der Waals surface area contributed by atoms with Crippen molar-refractivity contribution in [2.75, 3.05) is 18.6 Å². The summed E-state index contributed by atoms with van der Waals surface area (Å²) in [6.07, 6.45) is 2.11. The first-order valence-electron chi connectivity index (χ1n) is 7.58. The molecule has 3 aromatic rings. The molecule has 0 spiro atoms. The fraction of sp³-hybridized carbons (Fsp3) is 0.176.